The van der Waals surface area contributed by atoms with E-state index in [1.807, 2.05) is 5.32 Å². The Morgan fingerprint density at radius 1 is 0.613 bits per heavy atom. The average molecular weight is 878 g/mol. The molecule has 8 amide bonds. The molecule has 1 aromatic carbocycles. The Hall–Kier alpha value is -7.68. The minimum atomic E-state index is -1.88. The number of aliphatic hydroxyl groups is 1. The monoisotopic (exact) mass is 877 g/mol. The third-order valence-electron chi connectivity index (χ3n) is 8.24. The number of nitrogens with one attached hydrogen (secondary N) is 9. The lowest BCUT2D eigenvalue weighted by molar-refractivity contribution is -0.147. The maximum Gasteiger partial charge on any atom is 0.326 e. The molecular weight excluding hydrogens is 830 g/mol. The zero-order valence-electron chi connectivity index (χ0n) is 32.7. The lowest BCUT2D eigenvalue weighted by atomic mass is 10.0. The first-order chi connectivity index (χ1) is 29.3. The van der Waals surface area contributed by atoms with Crippen LogP contribution in [0.15, 0.2) is 36.8 Å². The molecule has 0 aliphatic carbocycles. The van der Waals surface area contributed by atoms with E-state index >= 15 is 0 Å². The van der Waals surface area contributed by atoms with E-state index in [9.17, 15) is 68.1 Å². The highest BCUT2D eigenvalue weighted by Gasteiger charge is 2.31. The van der Waals surface area contributed by atoms with Crippen molar-refractivity contribution in [1.82, 2.24) is 52.5 Å². The van der Waals surface area contributed by atoms with Crippen LogP contribution in [0.25, 0.3) is 0 Å². The van der Waals surface area contributed by atoms with Crippen molar-refractivity contribution in [2.24, 2.45) is 5.73 Å². The number of aliphatic carboxylic acids is 3. The summed E-state index contributed by atoms with van der Waals surface area (Å²) in [5.41, 5.74) is 5.92. The van der Waals surface area contributed by atoms with Crippen molar-refractivity contribution in [2.45, 2.75) is 62.3 Å². The average Bonchev–Trinajstić information content (AvgIpc) is 3.74. The highest BCUT2D eigenvalue weighted by atomic mass is 16.4. The lowest BCUT2D eigenvalue weighted by Crippen LogP contribution is -2.58. The Labute approximate surface area is 350 Å². The lowest BCUT2D eigenvalue weighted by Gasteiger charge is -2.23. The number of nitrogens with two attached hydrogens (primary N) is 1. The summed E-state index contributed by atoms with van der Waals surface area (Å²) in [7, 11) is 0. The number of hydrogen-bond acceptors (Lipinski definition) is 15. The number of aromatic hydroxyl groups is 1. The summed E-state index contributed by atoms with van der Waals surface area (Å²) < 4.78 is 0. The van der Waals surface area contributed by atoms with Gasteiger partial charge in [0.1, 0.15) is 36.0 Å². The van der Waals surface area contributed by atoms with Crippen molar-refractivity contribution in [3.05, 3.63) is 48.0 Å². The molecule has 0 fully saturated rings. The Morgan fingerprint density at radius 2 is 1.15 bits per heavy atom. The predicted octanol–water partition coefficient (Wildman–Crippen LogP) is -6.95. The minimum Gasteiger partial charge on any atom is -0.508 e. The topological polar surface area (TPSA) is 440 Å². The maximum atomic E-state index is 13.3. The van der Waals surface area contributed by atoms with Crippen LogP contribution in [-0.2, 0) is 65.6 Å². The van der Waals surface area contributed by atoms with E-state index in [2.05, 4.69) is 47.2 Å². The molecular formula is C35H47N11O16. The van der Waals surface area contributed by atoms with Crippen molar-refractivity contribution in [3.63, 3.8) is 0 Å². The van der Waals surface area contributed by atoms with Crippen LogP contribution < -0.4 is 48.3 Å². The Balaban J connectivity index is 2.05. The summed E-state index contributed by atoms with van der Waals surface area (Å²) in [5, 5.41) is 64.4. The second-order valence-corrected chi connectivity index (χ2v) is 13.1. The van der Waals surface area contributed by atoms with Gasteiger partial charge in [0.25, 0.3) is 0 Å². The van der Waals surface area contributed by atoms with Crippen molar-refractivity contribution in [1.29, 1.82) is 0 Å². The Morgan fingerprint density at radius 3 is 1.69 bits per heavy atom. The van der Waals surface area contributed by atoms with Crippen LogP contribution in [0.3, 0.4) is 0 Å². The molecule has 2 rings (SSSR count). The second-order valence-electron chi connectivity index (χ2n) is 13.1. The molecule has 27 nitrogen and oxygen atoms in total. The number of carboxylic acids is 3. The van der Waals surface area contributed by atoms with Crippen molar-refractivity contribution in [3.8, 4) is 5.75 Å². The number of imidazole rings is 1. The highest BCUT2D eigenvalue weighted by molar-refractivity contribution is 5.96. The van der Waals surface area contributed by atoms with Gasteiger partial charge in [-0.05, 0) is 24.1 Å². The number of aromatic amines is 1. The number of amides is 8. The van der Waals surface area contributed by atoms with Crippen LogP contribution in [0, 0.1) is 0 Å². The molecule has 0 saturated carbocycles. The molecule has 338 valence electrons. The third kappa shape index (κ3) is 18.9. The van der Waals surface area contributed by atoms with Gasteiger partial charge in [-0.15, -0.1) is 0 Å². The van der Waals surface area contributed by atoms with Crippen LogP contribution in [0.5, 0.6) is 5.75 Å². The van der Waals surface area contributed by atoms with Crippen molar-refractivity contribution < 1.29 is 78.3 Å². The van der Waals surface area contributed by atoms with E-state index in [4.69, 9.17) is 15.9 Å². The van der Waals surface area contributed by atoms with Gasteiger partial charge in [0, 0.05) is 31.2 Å². The van der Waals surface area contributed by atoms with Gasteiger partial charge in [-0.3, -0.25) is 47.9 Å². The van der Waals surface area contributed by atoms with E-state index in [1.165, 1.54) is 36.8 Å². The summed E-state index contributed by atoms with van der Waals surface area (Å²) in [5.74, 6) is -12.3. The minimum absolute atomic E-state index is 0.112. The van der Waals surface area contributed by atoms with Crippen LogP contribution in [0.2, 0.25) is 0 Å². The molecule has 16 N–H and O–H groups in total. The van der Waals surface area contributed by atoms with Crippen molar-refractivity contribution >= 4 is 65.2 Å². The molecule has 27 heteroatoms. The molecule has 5 atom stereocenters. The van der Waals surface area contributed by atoms with E-state index in [1.54, 1.807) is 0 Å². The van der Waals surface area contributed by atoms with E-state index in [-0.39, 0.29) is 30.7 Å². The van der Waals surface area contributed by atoms with Gasteiger partial charge in [-0.2, -0.15) is 0 Å². The van der Waals surface area contributed by atoms with Gasteiger partial charge in [-0.1, -0.05) is 12.1 Å². The Bertz CT molecular complexity index is 1930. The largest absolute Gasteiger partial charge is 0.508 e. The molecule has 0 unspecified atom stereocenters. The number of phenolic OH excluding ortho intramolecular Hbond substituents is 1. The van der Waals surface area contributed by atoms with Gasteiger partial charge in [0.2, 0.25) is 47.3 Å². The predicted molar refractivity (Wildman–Crippen MR) is 206 cm³/mol. The fourth-order valence-electron chi connectivity index (χ4n) is 5.12. The van der Waals surface area contributed by atoms with Crippen LogP contribution in [-0.4, -0.2) is 164 Å². The van der Waals surface area contributed by atoms with Gasteiger partial charge >= 0.3 is 17.9 Å². The molecule has 1 heterocycles. The first-order valence-electron chi connectivity index (χ1n) is 18.3. The van der Waals surface area contributed by atoms with E-state index in [0.29, 0.717) is 5.56 Å². The number of aliphatic hydroxyl groups excluding tert-OH is 1. The molecule has 0 aliphatic rings. The van der Waals surface area contributed by atoms with E-state index in [0.717, 1.165) is 0 Å². The summed E-state index contributed by atoms with van der Waals surface area (Å²) in [6, 6.07) is -2.50. The van der Waals surface area contributed by atoms with Crippen molar-refractivity contribution in [2.75, 3.05) is 32.8 Å². The van der Waals surface area contributed by atoms with Gasteiger partial charge in [0.05, 0.1) is 45.5 Å². The first kappa shape index (κ1) is 50.5. The number of phenols is 1. The van der Waals surface area contributed by atoms with Gasteiger partial charge in [-0.25, -0.2) is 9.78 Å². The third-order valence-corrected chi connectivity index (χ3v) is 8.24. The zero-order chi connectivity index (χ0) is 46.4. The molecule has 0 bridgehead atoms. The van der Waals surface area contributed by atoms with Crippen LogP contribution >= 0.6 is 0 Å². The van der Waals surface area contributed by atoms with Gasteiger partial charge in [0.15, 0.2) is 0 Å². The second kappa shape index (κ2) is 25.7. The fourth-order valence-corrected chi connectivity index (χ4v) is 5.12. The number of rotatable bonds is 27. The number of benzene rings is 1. The Kier molecular flexibility index (Phi) is 20.9. The summed E-state index contributed by atoms with van der Waals surface area (Å²) in [6.45, 7) is -3.81. The summed E-state index contributed by atoms with van der Waals surface area (Å²) >= 11 is 0. The number of carbonyl (C=O) groups excluding carboxylic acids is 8. The first-order valence-corrected chi connectivity index (χ1v) is 18.3. The number of aromatic nitrogens is 2. The molecule has 0 aliphatic heterocycles. The fraction of sp³-hybridized carbons (Fsp3) is 0.429. The summed E-state index contributed by atoms with van der Waals surface area (Å²) in [6.07, 6.45) is 0.184. The quantitative estimate of drug-likeness (QED) is 0.0396. The molecule has 62 heavy (non-hydrogen) atoms. The zero-order valence-corrected chi connectivity index (χ0v) is 32.7. The highest BCUT2D eigenvalue weighted by Crippen LogP contribution is 2.12. The number of carbonyl (C=O) groups is 11. The van der Waals surface area contributed by atoms with Crippen LogP contribution in [0.1, 0.15) is 30.5 Å². The molecule has 2 aromatic rings. The summed E-state index contributed by atoms with van der Waals surface area (Å²) in [4.78, 5) is 142. The maximum absolute atomic E-state index is 13.3. The number of nitrogens with zero attached hydrogens (tertiary/aromatic N) is 1. The molecule has 0 saturated heterocycles. The SMILES string of the molecule is NCC(=O)N[C@@H](CCC(=O)O)C(=O)NCC(=O)NCC(=O)N[C@@H](Cc1ccc(O)cc1)C(=O)NCC(=O)N[C@@H](CO)C(=O)N[C@@H](Cc1cnc[nH]1)C(=O)N[C@@H](CC(=O)O)C(=O)O. The molecule has 0 radical (unpaired) electrons. The number of carboxylic acid groups (broad SMARTS) is 3. The number of hydrogen-bond donors (Lipinski definition) is 15. The van der Waals surface area contributed by atoms with Crippen LogP contribution in [0.4, 0.5) is 0 Å². The number of H-pyrrole nitrogens is 1. The molecule has 1 aromatic heterocycles. The normalized spacial score (nSPS) is 13.0. The standard InChI is InChI=1S/C35H47N11O16/c36-10-25(49)42-20(5-6-29(53)54)31(57)39-12-26(50)38-13-27(51)43-21(7-17-1-3-19(48)4-2-17)32(58)40-14-28(52)44-24(15-47)34(60)45-22(8-18-11-37-16-41-18)33(59)46-23(35(61)62)9-30(55)56/h1-4,11,16,20-24,47-48H,5-10,12-15,36H2,(H,37,41)(H,38,50)(H,39,57)(H,40,58)(H,42,49)(H,43,51)(H,44,52)(H,45,60)(H,46,59)(H,53,54)(H,55,56)(H,61,62)/t20-,21-,22-,23-,24-/m0/s1. The smallest absolute Gasteiger partial charge is 0.326 e. The van der Waals surface area contributed by atoms with Gasteiger partial charge < -0.3 is 78.8 Å². The molecule has 0 spiro atoms. The van der Waals surface area contributed by atoms with E-state index < -0.39 is 141 Å².